The Morgan fingerprint density at radius 3 is 1.50 bits per heavy atom. The molecule has 0 aromatic carbocycles. The van der Waals surface area contributed by atoms with Crippen LogP contribution in [0, 0.1) is 0 Å². The SMILES string of the molecule is O=C([O-])[O-].[Cl][Cr+2]. The molecule has 0 aromatic rings. The number of carbonyl (C=O) groups excluding carboxylic acids is 1. The summed E-state index contributed by atoms with van der Waals surface area (Å²) in [5, 5.41) is 16.7. The summed E-state index contributed by atoms with van der Waals surface area (Å²) in [7, 11) is 4.51. The van der Waals surface area contributed by atoms with Crippen molar-refractivity contribution in [1.82, 2.24) is 0 Å². The second kappa shape index (κ2) is 8.92. The molecule has 0 heterocycles. The summed E-state index contributed by atoms with van der Waals surface area (Å²) in [5.74, 6) is 0. The summed E-state index contributed by atoms with van der Waals surface area (Å²) in [6.07, 6.45) is -2.33. The first kappa shape index (κ1) is 9.43. The second-order valence-electron chi connectivity index (χ2n) is 0.250. The van der Waals surface area contributed by atoms with Gasteiger partial charge in [-0.15, -0.1) is 0 Å². The van der Waals surface area contributed by atoms with Gasteiger partial charge in [-0.1, -0.05) is 0 Å². The molecule has 3 nitrogen and oxygen atoms in total. The number of rotatable bonds is 0. The third-order valence-corrected chi connectivity index (χ3v) is 0. The predicted octanol–water partition coefficient (Wildman–Crippen LogP) is -1.76. The van der Waals surface area contributed by atoms with Crippen LogP contribution < -0.4 is 10.2 Å². The molecule has 0 spiro atoms. The van der Waals surface area contributed by atoms with Crippen LogP contribution in [-0.2, 0) is 15.4 Å². The van der Waals surface area contributed by atoms with E-state index in [9.17, 15) is 0 Å². The van der Waals surface area contributed by atoms with E-state index < -0.39 is 6.16 Å². The Morgan fingerprint density at radius 1 is 1.50 bits per heavy atom. The standard InChI is InChI=1S/CH2O3.ClH.Cr/c2-1(3)4;;/h(H2,2,3,4);1H;/q;;+3/p-3. The molecule has 0 unspecified atom stereocenters. The van der Waals surface area contributed by atoms with Gasteiger partial charge < -0.3 is 15.0 Å². The van der Waals surface area contributed by atoms with Crippen LogP contribution in [0.1, 0.15) is 0 Å². The molecule has 0 N–H and O–H groups in total. The monoisotopic (exact) mass is 147 g/mol. The van der Waals surface area contributed by atoms with E-state index in [1.807, 2.05) is 0 Å². The first-order valence-corrected chi connectivity index (χ1v) is 2.52. The van der Waals surface area contributed by atoms with Gasteiger partial charge in [-0.05, 0) is 6.16 Å². The fraction of sp³-hybridized carbons (Fsp3) is 0. The summed E-state index contributed by atoms with van der Waals surface area (Å²) in [6, 6.07) is 0. The maximum absolute atomic E-state index is 8.33. The molecule has 0 atom stereocenters. The Morgan fingerprint density at radius 2 is 1.50 bits per heavy atom. The minimum absolute atomic E-state index is 2.10. The van der Waals surface area contributed by atoms with Crippen molar-refractivity contribution in [3.8, 4) is 0 Å². The average Bonchev–Trinajstić information content (AvgIpc) is 1.41. The first-order chi connectivity index (χ1) is 2.73. The Balaban J connectivity index is 0. The van der Waals surface area contributed by atoms with Gasteiger partial charge in [0.2, 0.25) is 0 Å². The summed E-state index contributed by atoms with van der Waals surface area (Å²) in [5.41, 5.74) is 0. The molecule has 0 saturated carbocycles. The zero-order valence-electron chi connectivity index (χ0n) is 2.51. The minimum atomic E-state index is -2.33. The van der Waals surface area contributed by atoms with Gasteiger partial charge in [0.25, 0.3) is 0 Å². The van der Waals surface area contributed by atoms with Crippen molar-refractivity contribution < 1.29 is 30.4 Å². The van der Waals surface area contributed by atoms with Gasteiger partial charge in [-0.25, -0.2) is 0 Å². The number of carboxylic acid groups (broad SMARTS) is 2. The van der Waals surface area contributed by atoms with Crippen molar-refractivity contribution >= 4 is 16.2 Å². The molecule has 35 valence electrons. The van der Waals surface area contributed by atoms with E-state index in [1.54, 1.807) is 0 Å². The van der Waals surface area contributed by atoms with Crippen LogP contribution in [0.25, 0.3) is 0 Å². The fourth-order valence-corrected chi connectivity index (χ4v) is 0. The number of hydrogen-bond donors (Lipinski definition) is 0. The fourth-order valence-electron chi connectivity index (χ4n) is 0. The Bertz CT molecular complexity index is 33.8. The molecule has 5 heteroatoms. The van der Waals surface area contributed by atoms with E-state index in [1.165, 1.54) is 0 Å². The zero-order valence-corrected chi connectivity index (χ0v) is 4.54. The summed E-state index contributed by atoms with van der Waals surface area (Å²) in [4.78, 5) is 8.33. The molecule has 0 radical (unpaired) electrons. The molecule has 0 aliphatic rings. The Kier molecular flexibility index (Phi) is 14.0. The predicted molar refractivity (Wildman–Crippen MR) is 11.2 cm³/mol. The van der Waals surface area contributed by atoms with Gasteiger partial charge in [0.1, 0.15) is 0 Å². The molecular weight excluding hydrogens is 147 g/mol. The van der Waals surface area contributed by atoms with E-state index in [0.29, 0.717) is 0 Å². The summed E-state index contributed by atoms with van der Waals surface area (Å²) >= 11 is 2.10. The third-order valence-electron chi connectivity index (χ3n) is 0. The number of halogens is 1. The molecule has 0 fully saturated rings. The van der Waals surface area contributed by atoms with Crippen molar-refractivity contribution in [3.05, 3.63) is 0 Å². The van der Waals surface area contributed by atoms with Crippen LogP contribution in [0.15, 0.2) is 0 Å². The van der Waals surface area contributed by atoms with Gasteiger partial charge in [0.15, 0.2) is 0 Å². The molecular formula is CClCrO3. The van der Waals surface area contributed by atoms with Crippen LogP contribution >= 0.6 is 10.0 Å². The quantitative estimate of drug-likeness (QED) is 0.408. The number of hydrogen-bond acceptors (Lipinski definition) is 3. The normalized spacial score (nSPS) is 4.67. The van der Waals surface area contributed by atoms with E-state index in [4.69, 9.17) is 15.0 Å². The molecule has 0 aliphatic heterocycles. The van der Waals surface area contributed by atoms with Gasteiger partial charge in [0, 0.05) is 0 Å². The molecule has 0 saturated heterocycles. The maximum atomic E-state index is 8.33. The van der Waals surface area contributed by atoms with E-state index >= 15 is 0 Å². The number of carbonyl (C=O) groups is 1. The summed E-state index contributed by atoms with van der Waals surface area (Å²) in [6.45, 7) is 0. The van der Waals surface area contributed by atoms with Crippen LogP contribution in [0.3, 0.4) is 0 Å². The zero-order chi connectivity index (χ0) is 5.58. The van der Waals surface area contributed by atoms with Gasteiger partial charge in [0.05, 0.1) is 0 Å². The molecule has 0 rings (SSSR count). The van der Waals surface area contributed by atoms with Crippen molar-refractivity contribution in [2.75, 3.05) is 0 Å². The van der Waals surface area contributed by atoms with E-state index in [2.05, 4.69) is 25.4 Å². The van der Waals surface area contributed by atoms with Crippen molar-refractivity contribution in [2.24, 2.45) is 0 Å². The van der Waals surface area contributed by atoms with Crippen LogP contribution in [-0.4, -0.2) is 6.16 Å². The average molecular weight is 147 g/mol. The van der Waals surface area contributed by atoms with E-state index in [0.717, 1.165) is 0 Å². The van der Waals surface area contributed by atoms with Crippen LogP contribution in [0.5, 0.6) is 0 Å². The first-order valence-electron chi connectivity index (χ1n) is 0.767. The van der Waals surface area contributed by atoms with Gasteiger partial charge >= 0.3 is 25.4 Å². The van der Waals surface area contributed by atoms with E-state index in [-0.39, 0.29) is 0 Å². The molecule has 0 amide bonds. The van der Waals surface area contributed by atoms with Gasteiger partial charge in [-0.3, -0.25) is 0 Å². The second-order valence-corrected chi connectivity index (χ2v) is 0.250. The van der Waals surface area contributed by atoms with Gasteiger partial charge in [-0.2, -0.15) is 0 Å². The van der Waals surface area contributed by atoms with Crippen molar-refractivity contribution in [3.63, 3.8) is 0 Å². The van der Waals surface area contributed by atoms with Crippen molar-refractivity contribution in [2.45, 2.75) is 0 Å². The molecule has 6 heavy (non-hydrogen) atoms. The Labute approximate surface area is 47.2 Å². The van der Waals surface area contributed by atoms with Crippen molar-refractivity contribution in [1.29, 1.82) is 0 Å². The molecule has 0 aromatic heterocycles. The third kappa shape index (κ3) is 4580. The topological polar surface area (TPSA) is 63.2 Å². The van der Waals surface area contributed by atoms with Crippen LogP contribution in [0.2, 0.25) is 0 Å². The Hall–Kier alpha value is 0.0925. The molecule has 0 bridgehead atoms. The summed E-state index contributed by atoms with van der Waals surface area (Å²) < 4.78 is 0. The molecule has 0 aliphatic carbocycles. The van der Waals surface area contributed by atoms with Crippen LogP contribution in [0.4, 0.5) is 4.79 Å².